The van der Waals surface area contributed by atoms with Crippen LogP contribution in [0.2, 0.25) is 10.0 Å². The highest BCUT2D eigenvalue weighted by atomic mass is 35.5. The number of alkyl halides is 6. The number of hydrogen-bond acceptors (Lipinski definition) is 2. The molecular formula is C12H4Cl2F6N4. The lowest BCUT2D eigenvalue weighted by Crippen LogP contribution is -2.11. The summed E-state index contributed by atoms with van der Waals surface area (Å²) in [6.45, 7) is 6.74. The van der Waals surface area contributed by atoms with Crippen molar-refractivity contribution in [3.8, 4) is 5.69 Å². The molecule has 0 unspecified atom stereocenters. The maximum atomic E-state index is 13.0. The van der Waals surface area contributed by atoms with E-state index >= 15 is 0 Å². The van der Waals surface area contributed by atoms with Gasteiger partial charge in [0.25, 0.3) is 0 Å². The molecule has 1 aromatic carbocycles. The van der Waals surface area contributed by atoms with E-state index in [2.05, 4.69) is 9.94 Å². The summed E-state index contributed by atoms with van der Waals surface area (Å²) in [6.07, 6.45) is -9.76. The molecule has 2 rings (SSSR count). The van der Waals surface area contributed by atoms with Crippen molar-refractivity contribution in [3.63, 3.8) is 0 Å². The number of anilines is 1. The predicted molar refractivity (Wildman–Crippen MR) is 74.3 cm³/mol. The Bertz CT molecular complexity index is 824. The molecule has 0 aliphatic rings. The third-order valence-corrected chi connectivity index (χ3v) is 3.42. The molecule has 0 fully saturated rings. The van der Waals surface area contributed by atoms with Crippen LogP contribution in [0.5, 0.6) is 0 Å². The summed E-state index contributed by atoms with van der Waals surface area (Å²) in [5.41, 5.74) is 2.14. The molecule has 0 amide bonds. The Labute approximate surface area is 140 Å². The van der Waals surface area contributed by atoms with Crippen molar-refractivity contribution in [2.24, 2.45) is 0 Å². The summed E-state index contributed by atoms with van der Waals surface area (Å²) in [7, 11) is 0. The molecule has 1 aromatic heterocycles. The molecule has 2 aromatic rings. The molecule has 0 spiro atoms. The van der Waals surface area contributed by atoms with Gasteiger partial charge in [-0.05, 0) is 17.2 Å². The first-order valence-electron chi connectivity index (χ1n) is 5.77. The van der Waals surface area contributed by atoms with Gasteiger partial charge in [-0.25, -0.2) is 0 Å². The standard InChI is InChI=1S/C12H4Cl2F6N4/c1-22-10-7(12(18,19)20)9(21)24(23-10)8-5(13)2-4(3-6(8)14)11(15,16)17/h2-3H,21H2. The number of hydrogen-bond donors (Lipinski definition) is 1. The van der Waals surface area contributed by atoms with Crippen LogP contribution in [-0.4, -0.2) is 9.78 Å². The van der Waals surface area contributed by atoms with E-state index in [1.165, 1.54) is 0 Å². The van der Waals surface area contributed by atoms with E-state index in [9.17, 15) is 26.3 Å². The fourth-order valence-corrected chi connectivity index (χ4v) is 2.52. The second kappa shape index (κ2) is 5.75. The number of benzene rings is 1. The van der Waals surface area contributed by atoms with Crippen molar-refractivity contribution < 1.29 is 26.3 Å². The second-order valence-electron chi connectivity index (χ2n) is 4.39. The van der Waals surface area contributed by atoms with E-state index in [0.717, 1.165) is 0 Å². The van der Waals surface area contributed by atoms with Gasteiger partial charge in [0.1, 0.15) is 17.1 Å². The van der Waals surface area contributed by atoms with Gasteiger partial charge in [0.15, 0.2) is 0 Å². The summed E-state index contributed by atoms with van der Waals surface area (Å²) in [6, 6.07) is 0.934. The smallest absolute Gasteiger partial charge is 0.383 e. The normalized spacial score (nSPS) is 12.3. The number of aromatic nitrogens is 2. The minimum Gasteiger partial charge on any atom is -0.383 e. The second-order valence-corrected chi connectivity index (χ2v) is 5.21. The molecule has 2 N–H and O–H groups in total. The predicted octanol–water partition coefficient (Wildman–Crippen LogP) is 5.35. The van der Waals surface area contributed by atoms with Crippen molar-refractivity contribution in [1.29, 1.82) is 0 Å². The molecule has 128 valence electrons. The average molecular weight is 389 g/mol. The van der Waals surface area contributed by atoms with Crippen molar-refractivity contribution in [2.45, 2.75) is 12.4 Å². The number of nitrogen functional groups attached to an aromatic ring is 1. The molecule has 0 saturated heterocycles. The van der Waals surface area contributed by atoms with E-state index in [0.29, 0.717) is 16.8 Å². The zero-order chi connectivity index (χ0) is 18.4. The Hall–Kier alpha value is -2.12. The Balaban J connectivity index is 2.76. The number of halogens is 8. The van der Waals surface area contributed by atoms with Crippen LogP contribution >= 0.6 is 23.2 Å². The molecule has 0 aliphatic carbocycles. The first kappa shape index (κ1) is 18.2. The van der Waals surface area contributed by atoms with Crippen LogP contribution in [0.15, 0.2) is 12.1 Å². The van der Waals surface area contributed by atoms with Gasteiger partial charge in [-0.3, -0.25) is 0 Å². The average Bonchev–Trinajstić information content (AvgIpc) is 2.74. The minimum atomic E-state index is -4.99. The van der Waals surface area contributed by atoms with Gasteiger partial charge in [-0.1, -0.05) is 29.8 Å². The Morgan fingerprint density at radius 3 is 1.88 bits per heavy atom. The molecule has 1 heterocycles. The molecule has 0 bridgehead atoms. The summed E-state index contributed by atoms with van der Waals surface area (Å²) in [5.74, 6) is -2.09. The number of nitrogens with two attached hydrogens (primary N) is 1. The van der Waals surface area contributed by atoms with E-state index < -0.39 is 50.8 Å². The van der Waals surface area contributed by atoms with E-state index in [1.807, 2.05) is 0 Å². The highest BCUT2D eigenvalue weighted by Gasteiger charge is 2.41. The Kier molecular flexibility index (Phi) is 4.37. The fourth-order valence-electron chi connectivity index (χ4n) is 1.87. The van der Waals surface area contributed by atoms with Crippen LogP contribution in [0.3, 0.4) is 0 Å². The molecule has 0 aliphatic heterocycles. The zero-order valence-corrected chi connectivity index (χ0v) is 12.6. The summed E-state index contributed by atoms with van der Waals surface area (Å²) in [5, 5.41) is 2.09. The van der Waals surface area contributed by atoms with Gasteiger partial charge in [0.05, 0.1) is 15.6 Å². The largest absolute Gasteiger partial charge is 0.416 e. The van der Waals surface area contributed by atoms with Crippen molar-refractivity contribution in [2.75, 3.05) is 5.73 Å². The maximum Gasteiger partial charge on any atom is 0.416 e. The van der Waals surface area contributed by atoms with Crippen LogP contribution in [0, 0.1) is 6.57 Å². The lowest BCUT2D eigenvalue weighted by Gasteiger charge is -2.12. The quantitative estimate of drug-likeness (QED) is 0.528. The first-order valence-corrected chi connectivity index (χ1v) is 6.53. The highest BCUT2D eigenvalue weighted by Crippen LogP contribution is 2.43. The van der Waals surface area contributed by atoms with Gasteiger partial charge < -0.3 is 10.6 Å². The van der Waals surface area contributed by atoms with Crippen LogP contribution in [0.4, 0.5) is 38.0 Å². The van der Waals surface area contributed by atoms with Gasteiger partial charge in [0.2, 0.25) is 0 Å². The summed E-state index contributed by atoms with van der Waals surface area (Å²) >= 11 is 11.4. The Morgan fingerprint density at radius 2 is 1.54 bits per heavy atom. The zero-order valence-electron chi connectivity index (χ0n) is 11.1. The maximum absolute atomic E-state index is 13.0. The third-order valence-electron chi connectivity index (χ3n) is 2.85. The van der Waals surface area contributed by atoms with E-state index in [4.69, 9.17) is 35.5 Å². The minimum absolute atomic E-state index is 0.390. The molecule has 24 heavy (non-hydrogen) atoms. The summed E-state index contributed by atoms with van der Waals surface area (Å²) < 4.78 is 77.3. The van der Waals surface area contributed by atoms with Gasteiger partial charge in [-0.15, -0.1) is 4.68 Å². The van der Waals surface area contributed by atoms with Crippen LogP contribution in [0.1, 0.15) is 11.1 Å². The van der Waals surface area contributed by atoms with Gasteiger partial charge >= 0.3 is 18.2 Å². The van der Waals surface area contributed by atoms with Crippen LogP contribution < -0.4 is 5.73 Å². The first-order chi connectivity index (χ1) is 10.9. The molecule has 12 heteroatoms. The van der Waals surface area contributed by atoms with Crippen molar-refractivity contribution in [1.82, 2.24) is 9.78 Å². The molecular weight excluding hydrogens is 385 g/mol. The lowest BCUT2D eigenvalue weighted by molar-refractivity contribution is -0.137. The topological polar surface area (TPSA) is 48.2 Å². The molecule has 0 atom stereocenters. The van der Waals surface area contributed by atoms with Gasteiger partial charge in [0, 0.05) is 0 Å². The molecule has 4 nitrogen and oxygen atoms in total. The van der Waals surface area contributed by atoms with E-state index in [-0.39, 0.29) is 0 Å². The third kappa shape index (κ3) is 3.09. The van der Waals surface area contributed by atoms with Crippen LogP contribution in [0.25, 0.3) is 10.5 Å². The van der Waals surface area contributed by atoms with Crippen molar-refractivity contribution in [3.05, 3.63) is 44.7 Å². The molecule has 0 radical (unpaired) electrons. The van der Waals surface area contributed by atoms with Crippen LogP contribution in [-0.2, 0) is 12.4 Å². The fraction of sp³-hybridized carbons (Fsp3) is 0.167. The summed E-state index contributed by atoms with van der Waals surface area (Å²) in [4.78, 5) is 2.61. The van der Waals surface area contributed by atoms with E-state index in [1.54, 1.807) is 0 Å². The van der Waals surface area contributed by atoms with Gasteiger partial charge in [-0.2, -0.15) is 26.3 Å². The number of nitrogens with zero attached hydrogens (tertiary/aromatic N) is 3. The SMILES string of the molecule is [C-]#[N+]c1nn(-c2c(Cl)cc(C(F)(F)F)cc2Cl)c(N)c1C(F)(F)F. The number of rotatable bonds is 1. The van der Waals surface area contributed by atoms with Crippen molar-refractivity contribution >= 4 is 34.8 Å². The monoisotopic (exact) mass is 388 g/mol. The molecule has 0 saturated carbocycles. The Morgan fingerprint density at radius 1 is 1.04 bits per heavy atom. The highest BCUT2D eigenvalue weighted by molar-refractivity contribution is 6.38. The lowest BCUT2D eigenvalue weighted by atomic mass is 10.2.